The average molecular weight is 1900 g/mol. The highest BCUT2D eigenvalue weighted by atomic mass is 35.5. The molecule has 0 spiro atoms. The zero-order chi connectivity index (χ0) is 93.5. The number of aliphatic hydroxyl groups excluding tert-OH is 2. The van der Waals surface area contributed by atoms with Crippen LogP contribution in [0.3, 0.4) is 0 Å². The number of ether oxygens (including phenoxy) is 3. The maximum absolute atomic E-state index is 12.9. The molecule has 2 unspecified atom stereocenters. The molecule has 7 aliphatic heterocycles. The smallest absolute Gasteiger partial charge is 0.225 e. The minimum atomic E-state index is -0.167. The van der Waals surface area contributed by atoms with Gasteiger partial charge in [-0.1, -0.05) is 70.2 Å². The summed E-state index contributed by atoms with van der Waals surface area (Å²) in [5, 5.41) is 57.1. The van der Waals surface area contributed by atoms with Gasteiger partial charge in [-0.25, -0.2) is 23.4 Å². The van der Waals surface area contributed by atoms with Gasteiger partial charge < -0.3 is 75.1 Å². The molecule has 3 amide bonds. The topological polar surface area (TPSA) is 346 Å². The number of hydrogen-bond acceptors (Lipinski definition) is 25. The van der Waals surface area contributed by atoms with Gasteiger partial charge in [-0.3, -0.25) is 39.3 Å². The molecule has 33 nitrogen and oxygen atoms in total. The van der Waals surface area contributed by atoms with Gasteiger partial charge in [0.05, 0.1) is 145 Å². The molecule has 15 aromatic rings. The lowest BCUT2D eigenvalue weighted by molar-refractivity contribution is -0.140. The number of amides is 3. The van der Waals surface area contributed by atoms with Gasteiger partial charge in [0.1, 0.15) is 0 Å². The van der Waals surface area contributed by atoms with E-state index in [2.05, 4.69) is 122 Å². The van der Waals surface area contributed by atoms with Gasteiger partial charge in [0.2, 0.25) is 17.7 Å². The van der Waals surface area contributed by atoms with Crippen molar-refractivity contribution in [1.29, 1.82) is 0 Å². The maximum Gasteiger partial charge on any atom is 0.225 e. The fraction of sp³-hybridized carbons (Fsp3) is 0.370. The number of nitrogens with one attached hydrogen (secondary N) is 2. The summed E-state index contributed by atoms with van der Waals surface area (Å²) in [6.07, 6.45) is 23.0. The summed E-state index contributed by atoms with van der Waals surface area (Å²) in [6, 6.07) is 49.4. The Balaban J connectivity index is 0.000000114. The number of piperidine rings is 3. The molecule has 10 aromatic heterocycles. The number of benzene rings is 5. The second-order valence-electron chi connectivity index (χ2n) is 34.8. The molecule has 0 saturated carbocycles. The highest BCUT2D eigenvalue weighted by Crippen LogP contribution is 2.38. The van der Waals surface area contributed by atoms with Crippen molar-refractivity contribution < 1.29 is 38.8 Å². The van der Waals surface area contributed by atoms with Gasteiger partial charge in [0.25, 0.3) is 0 Å². The SMILES string of the molecule is Cc1ccc(-n2nc(N3CCOC(CO)C3)c3ccncc32)cc1.Cc1ccc(-n2nc(N3CCOCC3CO)c3ccncc32)cc1.NCCNC(=O)C1CCN(c2nn(-c3ccc(Cl)cc3)c3cnccc23)CC1.O=C(C1CCN(c2nn(-c3ccc(Cl)cc3)c3cnccc23)CC1)N1CCNCC1.O=C(C1CCN(c2nn(-c3ccc(Cl)cc3)c3cnccc23)CC1)N1CCOCC1. The van der Waals surface area contributed by atoms with E-state index >= 15 is 0 Å². The Bertz CT molecular complexity index is 6380. The summed E-state index contributed by atoms with van der Waals surface area (Å²) in [5.41, 5.74) is 17.5. The number of aromatic nitrogens is 15. The highest BCUT2D eigenvalue weighted by molar-refractivity contribution is 6.31. The summed E-state index contributed by atoms with van der Waals surface area (Å²) in [6.45, 7) is 20.1. The largest absolute Gasteiger partial charge is 0.394 e. The molecule has 7 saturated heterocycles. The van der Waals surface area contributed by atoms with Crippen LogP contribution in [0.15, 0.2) is 214 Å². The van der Waals surface area contributed by atoms with E-state index in [0.717, 1.165) is 223 Å². The van der Waals surface area contributed by atoms with E-state index < -0.39 is 0 Å². The number of nitrogens with zero attached hydrogens (tertiary/aromatic N) is 22. The van der Waals surface area contributed by atoms with Crippen molar-refractivity contribution >= 4 is 136 Å². The van der Waals surface area contributed by atoms with E-state index in [1.807, 2.05) is 167 Å². The number of carbonyl (C=O) groups is 3. The number of aliphatic hydroxyl groups is 2. The van der Waals surface area contributed by atoms with Crippen LogP contribution in [0, 0.1) is 31.6 Å². The van der Waals surface area contributed by atoms with Crippen molar-refractivity contribution in [2.75, 3.05) is 182 Å². The first-order valence-electron chi connectivity index (χ1n) is 46.7. The van der Waals surface area contributed by atoms with Gasteiger partial charge in [-0.2, -0.15) is 0 Å². The van der Waals surface area contributed by atoms with Crippen LogP contribution in [0.5, 0.6) is 0 Å². The van der Waals surface area contributed by atoms with Crippen molar-refractivity contribution in [3.63, 3.8) is 0 Å². The third-order valence-corrected chi connectivity index (χ3v) is 26.8. The molecule has 0 radical (unpaired) electrons. The second kappa shape index (κ2) is 43.9. The summed E-state index contributed by atoms with van der Waals surface area (Å²) in [7, 11) is 0. The Labute approximate surface area is 802 Å². The first-order chi connectivity index (χ1) is 66.6. The molecule has 136 heavy (non-hydrogen) atoms. The Hall–Kier alpha value is -12.8. The normalized spacial score (nSPS) is 17.6. The molecular weight excluding hydrogens is 1790 g/mol. The number of halogens is 3. The summed E-state index contributed by atoms with van der Waals surface area (Å²) < 4.78 is 26.0. The number of rotatable bonds is 17. The molecular formula is C100H112Cl3N25O8. The number of hydrogen-bond donors (Lipinski definition) is 5. The zero-order valence-corrected chi connectivity index (χ0v) is 78.5. The molecule has 0 aliphatic carbocycles. The zero-order valence-electron chi connectivity index (χ0n) is 76.2. The van der Waals surface area contributed by atoms with E-state index in [1.54, 1.807) is 31.0 Å². The van der Waals surface area contributed by atoms with Gasteiger partial charge >= 0.3 is 0 Å². The predicted molar refractivity (Wildman–Crippen MR) is 531 cm³/mol. The van der Waals surface area contributed by atoms with Gasteiger partial charge in [0.15, 0.2) is 29.1 Å². The van der Waals surface area contributed by atoms with Crippen molar-refractivity contribution in [2.45, 2.75) is 64.5 Å². The van der Waals surface area contributed by atoms with Crippen LogP contribution in [0.1, 0.15) is 49.7 Å². The molecule has 0 bridgehead atoms. The van der Waals surface area contributed by atoms with Crippen LogP contribution in [-0.4, -0.2) is 281 Å². The third kappa shape index (κ3) is 21.2. The van der Waals surface area contributed by atoms with Crippen LogP contribution in [0.25, 0.3) is 83.0 Å². The monoisotopic (exact) mass is 1900 g/mol. The summed E-state index contributed by atoms with van der Waals surface area (Å²) in [4.78, 5) is 74.4. The highest BCUT2D eigenvalue weighted by Gasteiger charge is 2.36. The fourth-order valence-electron chi connectivity index (χ4n) is 18.6. The predicted octanol–water partition coefficient (Wildman–Crippen LogP) is 12.1. The number of carbonyl (C=O) groups excluding carboxylic acids is 3. The van der Waals surface area contributed by atoms with Crippen LogP contribution >= 0.6 is 34.8 Å². The minimum absolute atomic E-state index is 0.0225. The molecule has 706 valence electrons. The van der Waals surface area contributed by atoms with Crippen molar-refractivity contribution in [3.05, 3.63) is 240 Å². The number of pyridine rings is 5. The molecule has 36 heteroatoms. The lowest BCUT2D eigenvalue weighted by Crippen LogP contribution is -2.50. The van der Waals surface area contributed by atoms with E-state index in [-0.39, 0.29) is 54.9 Å². The molecule has 7 aliphatic rings. The molecule has 22 rings (SSSR count). The van der Waals surface area contributed by atoms with E-state index in [9.17, 15) is 24.6 Å². The Kier molecular flexibility index (Phi) is 30.2. The lowest BCUT2D eigenvalue weighted by atomic mass is 9.95. The van der Waals surface area contributed by atoms with Crippen LogP contribution in [0.2, 0.25) is 15.1 Å². The van der Waals surface area contributed by atoms with Gasteiger partial charge in [-0.15, -0.1) is 25.5 Å². The Morgan fingerprint density at radius 3 is 1.10 bits per heavy atom. The number of morpholine rings is 3. The van der Waals surface area contributed by atoms with Crippen LogP contribution in [-0.2, 0) is 28.6 Å². The summed E-state index contributed by atoms with van der Waals surface area (Å²) in [5.74, 6) is 5.54. The van der Waals surface area contributed by atoms with Crippen molar-refractivity contribution in [1.82, 2.24) is 94.3 Å². The van der Waals surface area contributed by atoms with E-state index in [0.29, 0.717) is 93.3 Å². The molecule has 17 heterocycles. The number of aryl methyl sites for hydroxylation is 2. The van der Waals surface area contributed by atoms with Gasteiger partial charge in [-0.05, 0) is 180 Å². The minimum Gasteiger partial charge on any atom is -0.394 e. The fourth-order valence-corrected chi connectivity index (χ4v) is 19.0. The number of piperazine rings is 1. The second-order valence-corrected chi connectivity index (χ2v) is 36.2. The molecule has 5 aromatic carbocycles. The van der Waals surface area contributed by atoms with Gasteiger partial charge in [0, 0.05) is 202 Å². The average Bonchev–Trinajstić information content (AvgIpc) is 1.64. The molecule has 6 N–H and O–H groups in total. The standard InChI is InChI=1S/C22H25ClN6O.C22H24ClN5O2.C20H23ClN6O.2C18H20N4O2/c23-17-1-3-18(4-2-17)29-20-15-25-8-5-19(20)21(26-29)27-11-6-16(7-12-27)22(30)28-13-9-24-10-14-28;23-17-1-3-18(4-2-17)28-20-15-24-8-5-19(20)21(25-28)26-9-6-16(7-10-26)22(29)27-11-13-30-14-12-27;21-15-1-3-16(4-2-15)27-18-13-23-9-5-17(18)19(25-27)26-11-6-14(7-12-26)20(28)24-10-8-22;1-13-2-4-14(5-3-13)22-17-10-19-7-6-16(17)18(20-22)21-8-9-24-12-15(21)11-23;1-13-2-4-14(5-3-13)22-17-10-19-7-6-16(17)18(20-22)21-8-9-24-15(11-21)12-23/h1-5,8,15-16,24H,6-7,9-14H2;1-5,8,15-16H,6-7,9-14H2;1-5,9,13-14H,6-8,10-12,22H2,(H,24,28);2*2-7,10,15,23H,8-9,11-12H2,1H3. The first-order valence-corrected chi connectivity index (χ1v) is 47.8. The third-order valence-electron chi connectivity index (χ3n) is 26.1. The first kappa shape index (κ1) is 93.6. The van der Waals surface area contributed by atoms with Crippen molar-refractivity contribution in [2.24, 2.45) is 23.5 Å². The van der Waals surface area contributed by atoms with Crippen molar-refractivity contribution in [3.8, 4) is 28.4 Å². The quantitative estimate of drug-likeness (QED) is 0.0565. The molecule has 2 atom stereocenters. The van der Waals surface area contributed by atoms with E-state index in [4.69, 9.17) is 80.2 Å². The maximum atomic E-state index is 12.9. The number of fused-ring (bicyclic) bond motifs is 5. The lowest BCUT2D eigenvalue weighted by Gasteiger charge is -2.36. The summed E-state index contributed by atoms with van der Waals surface area (Å²) >= 11 is 18.1. The molecule has 7 fully saturated rings. The number of anilines is 5. The van der Waals surface area contributed by atoms with Crippen LogP contribution in [0.4, 0.5) is 29.1 Å². The Morgan fingerprint density at radius 2 is 0.735 bits per heavy atom. The van der Waals surface area contributed by atoms with Crippen LogP contribution < -0.4 is 40.9 Å². The Morgan fingerprint density at radius 1 is 0.397 bits per heavy atom. The van der Waals surface area contributed by atoms with E-state index in [1.165, 1.54) is 11.1 Å². The number of nitrogens with two attached hydrogens (primary N) is 1.